The molecule has 0 unspecified atom stereocenters. The molecule has 0 fully saturated rings. The maximum atomic E-state index is 11.8. The van der Waals surface area contributed by atoms with E-state index in [0.29, 0.717) is 5.75 Å². The van der Waals surface area contributed by atoms with Crippen molar-refractivity contribution in [2.75, 3.05) is 14.2 Å². The van der Waals surface area contributed by atoms with Crippen LogP contribution in [0, 0.1) is 6.92 Å². The zero-order valence-electron chi connectivity index (χ0n) is 12.0. The first-order valence-corrected chi connectivity index (χ1v) is 6.25. The van der Waals surface area contributed by atoms with E-state index in [4.69, 9.17) is 9.47 Å². The number of hydrogen-bond acceptors (Lipinski definition) is 4. The van der Waals surface area contributed by atoms with Crippen LogP contribution in [-0.2, 0) is 16.0 Å². The average Bonchev–Trinajstić information content (AvgIpc) is 2.70. The largest absolute Gasteiger partial charge is 0.497 e. The lowest BCUT2D eigenvalue weighted by molar-refractivity contribution is -0.139. The highest BCUT2D eigenvalue weighted by molar-refractivity contribution is 5.97. The molecule has 2 rings (SSSR count). The van der Waals surface area contributed by atoms with Gasteiger partial charge >= 0.3 is 5.97 Å². The van der Waals surface area contributed by atoms with Crippen molar-refractivity contribution in [1.82, 2.24) is 4.57 Å². The van der Waals surface area contributed by atoms with Gasteiger partial charge in [-0.05, 0) is 30.7 Å². The Morgan fingerprint density at radius 1 is 1.25 bits per heavy atom. The summed E-state index contributed by atoms with van der Waals surface area (Å²) in [6.07, 6.45) is 0.131. The summed E-state index contributed by atoms with van der Waals surface area (Å²) in [5.74, 6) is 0.261. The van der Waals surface area contributed by atoms with Crippen molar-refractivity contribution in [3.63, 3.8) is 0 Å². The normalized spacial score (nSPS) is 10.6. The topological polar surface area (TPSA) is 57.5 Å². The minimum absolute atomic E-state index is 0.0891. The molecule has 1 aromatic heterocycles. The van der Waals surface area contributed by atoms with Gasteiger partial charge in [0.15, 0.2) is 0 Å². The minimum Gasteiger partial charge on any atom is -0.497 e. The molecule has 1 aromatic carbocycles. The number of esters is 1. The summed E-state index contributed by atoms with van der Waals surface area (Å²) in [5, 5.41) is 0.836. The van der Waals surface area contributed by atoms with E-state index in [1.807, 2.05) is 19.1 Å². The quantitative estimate of drug-likeness (QED) is 0.807. The van der Waals surface area contributed by atoms with Gasteiger partial charge in [0.1, 0.15) is 5.75 Å². The van der Waals surface area contributed by atoms with Gasteiger partial charge in [0.05, 0.1) is 26.2 Å². The monoisotopic (exact) mass is 275 g/mol. The number of hydrogen-bond donors (Lipinski definition) is 0. The summed E-state index contributed by atoms with van der Waals surface area (Å²) in [7, 11) is 2.93. The second kappa shape index (κ2) is 5.36. The van der Waals surface area contributed by atoms with Crippen LogP contribution in [0.4, 0.5) is 0 Å². The summed E-state index contributed by atoms with van der Waals surface area (Å²) in [6.45, 7) is 3.32. The summed E-state index contributed by atoms with van der Waals surface area (Å²) >= 11 is 0. The van der Waals surface area contributed by atoms with E-state index in [-0.39, 0.29) is 18.3 Å². The molecule has 20 heavy (non-hydrogen) atoms. The molecule has 0 atom stereocenters. The van der Waals surface area contributed by atoms with E-state index in [2.05, 4.69) is 0 Å². The van der Waals surface area contributed by atoms with E-state index >= 15 is 0 Å². The molecular formula is C15H17NO4. The van der Waals surface area contributed by atoms with Crippen molar-refractivity contribution < 1.29 is 19.1 Å². The molecule has 0 spiro atoms. The van der Waals surface area contributed by atoms with Gasteiger partial charge in [-0.25, -0.2) is 0 Å². The zero-order chi connectivity index (χ0) is 14.9. The van der Waals surface area contributed by atoms with Crippen molar-refractivity contribution >= 4 is 22.8 Å². The number of aromatic nitrogens is 1. The molecule has 0 aliphatic carbocycles. The molecule has 5 nitrogen and oxygen atoms in total. The fourth-order valence-electron chi connectivity index (χ4n) is 2.43. The number of nitrogens with zero attached hydrogens (tertiary/aromatic N) is 1. The number of fused-ring (bicyclic) bond motifs is 1. The van der Waals surface area contributed by atoms with Crippen LogP contribution >= 0.6 is 0 Å². The van der Waals surface area contributed by atoms with Gasteiger partial charge in [0.25, 0.3) is 0 Å². The highest BCUT2D eigenvalue weighted by Crippen LogP contribution is 2.29. The van der Waals surface area contributed by atoms with Crippen LogP contribution in [0.2, 0.25) is 0 Å². The lowest BCUT2D eigenvalue weighted by Gasteiger charge is -2.03. The van der Waals surface area contributed by atoms with Crippen LogP contribution in [0.3, 0.4) is 0 Å². The van der Waals surface area contributed by atoms with Gasteiger partial charge in [-0.3, -0.25) is 14.2 Å². The molecule has 106 valence electrons. The van der Waals surface area contributed by atoms with Crippen molar-refractivity contribution in [2.45, 2.75) is 20.3 Å². The van der Waals surface area contributed by atoms with Crippen LogP contribution in [0.1, 0.15) is 23.0 Å². The minimum atomic E-state index is -0.335. The molecule has 0 amide bonds. The number of carbonyl (C=O) groups is 2. The van der Waals surface area contributed by atoms with E-state index in [1.54, 1.807) is 17.7 Å². The smallest absolute Gasteiger partial charge is 0.310 e. The second-order valence-corrected chi connectivity index (χ2v) is 4.55. The number of ether oxygens (including phenoxy) is 2. The number of methoxy groups -OCH3 is 2. The number of benzene rings is 1. The Hall–Kier alpha value is -2.30. The van der Waals surface area contributed by atoms with Gasteiger partial charge in [0.2, 0.25) is 5.91 Å². The fraction of sp³-hybridized carbons (Fsp3) is 0.333. The predicted molar refractivity (Wildman–Crippen MR) is 75.2 cm³/mol. The van der Waals surface area contributed by atoms with Gasteiger partial charge in [0, 0.05) is 18.0 Å². The Morgan fingerprint density at radius 3 is 2.50 bits per heavy atom. The first kappa shape index (κ1) is 14.1. The van der Waals surface area contributed by atoms with Crippen molar-refractivity contribution in [3.05, 3.63) is 29.5 Å². The zero-order valence-corrected chi connectivity index (χ0v) is 12.0. The fourth-order valence-corrected chi connectivity index (χ4v) is 2.43. The van der Waals surface area contributed by atoms with Crippen molar-refractivity contribution in [3.8, 4) is 5.75 Å². The first-order chi connectivity index (χ1) is 9.49. The van der Waals surface area contributed by atoms with Crippen LogP contribution in [-0.4, -0.2) is 30.7 Å². The molecule has 0 N–H and O–H groups in total. The number of carbonyl (C=O) groups excluding carboxylic acids is 2. The van der Waals surface area contributed by atoms with Crippen molar-refractivity contribution in [1.29, 1.82) is 0 Å². The van der Waals surface area contributed by atoms with E-state index < -0.39 is 0 Å². The van der Waals surface area contributed by atoms with Gasteiger partial charge in [-0.15, -0.1) is 0 Å². The molecule has 0 bridgehead atoms. The van der Waals surface area contributed by atoms with E-state index in [0.717, 1.165) is 22.2 Å². The maximum absolute atomic E-state index is 11.8. The molecular weight excluding hydrogens is 258 g/mol. The lowest BCUT2D eigenvalue weighted by atomic mass is 10.1. The maximum Gasteiger partial charge on any atom is 0.310 e. The Kier molecular flexibility index (Phi) is 3.79. The first-order valence-electron chi connectivity index (χ1n) is 6.25. The van der Waals surface area contributed by atoms with Crippen molar-refractivity contribution in [2.24, 2.45) is 0 Å². The van der Waals surface area contributed by atoms with Crippen LogP contribution in [0.25, 0.3) is 10.9 Å². The second-order valence-electron chi connectivity index (χ2n) is 4.55. The molecule has 0 aliphatic heterocycles. The molecule has 0 saturated carbocycles. The number of rotatable bonds is 3. The molecule has 5 heteroatoms. The Balaban J connectivity index is 2.73. The SMILES string of the molecule is COC(=O)Cc1c(C)n(C(C)=O)c2ccc(OC)cc12. The van der Waals surface area contributed by atoms with E-state index in [9.17, 15) is 9.59 Å². The highest BCUT2D eigenvalue weighted by Gasteiger charge is 2.19. The third kappa shape index (κ3) is 2.27. The molecule has 0 radical (unpaired) electrons. The summed E-state index contributed by atoms with van der Waals surface area (Å²) < 4.78 is 11.5. The van der Waals surface area contributed by atoms with Crippen LogP contribution in [0.5, 0.6) is 5.75 Å². The molecule has 1 heterocycles. The average molecular weight is 275 g/mol. The van der Waals surface area contributed by atoms with Gasteiger partial charge < -0.3 is 9.47 Å². The molecule has 0 saturated heterocycles. The predicted octanol–water partition coefficient (Wildman–Crippen LogP) is 2.33. The summed E-state index contributed by atoms with van der Waals surface area (Å²) in [5.41, 5.74) is 2.32. The van der Waals surface area contributed by atoms with Gasteiger partial charge in [-0.1, -0.05) is 0 Å². The summed E-state index contributed by atoms with van der Waals surface area (Å²) in [6, 6.07) is 5.45. The molecule has 0 aliphatic rings. The third-order valence-electron chi connectivity index (χ3n) is 3.41. The third-order valence-corrected chi connectivity index (χ3v) is 3.41. The Morgan fingerprint density at radius 2 is 1.95 bits per heavy atom. The van der Waals surface area contributed by atoms with Gasteiger partial charge in [-0.2, -0.15) is 0 Å². The van der Waals surface area contributed by atoms with Crippen LogP contribution in [0.15, 0.2) is 18.2 Å². The summed E-state index contributed by atoms with van der Waals surface area (Å²) in [4.78, 5) is 23.4. The van der Waals surface area contributed by atoms with Crippen LogP contribution < -0.4 is 4.74 Å². The highest BCUT2D eigenvalue weighted by atomic mass is 16.5. The Labute approximate surface area is 117 Å². The standard InChI is InChI=1S/C15H17NO4/c1-9-12(8-15(18)20-4)13-7-11(19-3)5-6-14(13)16(9)10(2)17/h5-7H,8H2,1-4H3. The van der Waals surface area contributed by atoms with E-state index in [1.165, 1.54) is 14.0 Å². The Bertz CT molecular complexity index is 685. The molecule has 2 aromatic rings. The lowest BCUT2D eigenvalue weighted by Crippen LogP contribution is -2.09.